The minimum atomic E-state index is -0.0292. The molecule has 0 bridgehead atoms. The summed E-state index contributed by atoms with van der Waals surface area (Å²) in [5.74, 6) is 1.76. The van der Waals surface area contributed by atoms with E-state index in [4.69, 9.17) is 18.7 Å². The SMILES string of the molecule is COCOc1cc(-c2ccc(OC3CCc4c(C#N)cccc43)cc2)on1. The first-order valence-electron chi connectivity index (χ1n) is 8.66. The molecule has 3 aromatic rings. The summed E-state index contributed by atoms with van der Waals surface area (Å²) in [6, 6.07) is 17.4. The van der Waals surface area contributed by atoms with Gasteiger partial charge >= 0.3 is 0 Å². The molecule has 6 nitrogen and oxygen atoms in total. The standard InChI is InChI=1S/C21H18N2O4/c1-24-13-25-21-11-20(27-23-21)14-5-7-16(8-6-14)26-19-10-9-17-15(12-22)3-2-4-18(17)19/h2-8,11,19H,9-10,13H2,1H3. The number of rotatable bonds is 6. The third-order valence-electron chi connectivity index (χ3n) is 4.57. The number of aromatic nitrogens is 1. The molecule has 0 saturated carbocycles. The van der Waals surface area contributed by atoms with E-state index in [0.717, 1.165) is 40.8 Å². The Morgan fingerprint density at radius 2 is 2.07 bits per heavy atom. The lowest BCUT2D eigenvalue weighted by molar-refractivity contribution is 0.0453. The molecule has 0 fully saturated rings. The second-order valence-corrected chi connectivity index (χ2v) is 6.23. The molecule has 136 valence electrons. The van der Waals surface area contributed by atoms with Crippen molar-refractivity contribution in [3.63, 3.8) is 0 Å². The number of benzene rings is 2. The van der Waals surface area contributed by atoms with Gasteiger partial charge in [0.15, 0.2) is 12.6 Å². The third kappa shape index (κ3) is 3.50. The Labute approximate surface area is 156 Å². The molecule has 1 aliphatic rings. The van der Waals surface area contributed by atoms with E-state index < -0.39 is 0 Å². The molecule has 27 heavy (non-hydrogen) atoms. The van der Waals surface area contributed by atoms with Crippen LogP contribution in [0.4, 0.5) is 0 Å². The lowest BCUT2D eigenvalue weighted by Gasteiger charge is -2.15. The highest BCUT2D eigenvalue weighted by molar-refractivity contribution is 5.59. The normalized spacial score (nSPS) is 15.2. The molecule has 0 radical (unpaired) electrons. The van der Waals surface area contributed by atoms with E-state index in [-0.39, 0.29) is 12.9 Å². The highest BCUT2D eigenvalue weighted by Gasteiger charge is 2.26. The summed E-state index contributed by atoms with van der Waals surface area (Å²) in [5, 5.41) is 13.1. The summed E-state index contributed by atoms with van der Waals surface area (Å²) in [7, 11) is 1.55. The fourth-order valence-electron chi connectivity index (χ4n) is 3.29. The molecular formula is C21H18N2O4. The third-order valence-corrected chi connectivity index (χ3v) is 4.57. The lowest BCUT2D eigenvalue weighted by Crippen LogP contribution is -2.03. The van der Waals surface area contributed by atoms with E-state index in [1.54, 1.807) is 13.2 Å². The van der Waals surface area contributed by atoms with Crippen LogP contribution >= 0.6 is 0 Å². The fourth-order valence-corrected chi connectivity index (χ4v) is 3.29. The van der Waals surface area contributed by atoms with Crippen LogP contribution < -0.4 is 9.47 Å². The fraction of sp³-hybridized carbons (Fsp3) is 0.238. The topological polar surface area (TPSA) is 77.5 Å². The molecule has 2 aromatic carbocycles. The predicted octanol–water partition coefficient (Wildman–Crippen LogP) is 4.26. The maximum atomic E-state index is 9.25. The molecule has 0 spiro atoms. The van der Waals surface area contributed by atoms with Crippen LogP contribution in [0, 0.1) is 11.3 Å². The Hall–Kier alpha value is -3.30. The molecular weight excluding hydrogens is 344 g/mol. The summed E-state index contributed by atoms with van der Waals surface area (Å²) in [5.41, 5.74) is 3.83. The molecule has 1 heterocycles. The smallest absolute Gasteiger partial charge is 0.256 e. The Bertz CT molecular complexity index is 973. The Balaban J connectivity index is 1.47. The highest BCUT2D eigenvalue weighted by atomic mass is 16.7. The van der Waals surface area contributed by atoms with Crippen LogP contribution in [-0.4, -0.2) is 19.1 Å². The van der Waals surface area contributed by atoms with Crippen molar-refractivity contribution in [1.29, 1.82) is 5.26 Å². The van der Waals surface area contributed by atoms with Gasteiger partial charge in [-0.05, 0) is 59.5 Å². The summed E-state index contributed by atoms with van der Waals surface area (Å²) < 4.78 is 21.5. The predicted molar refractivity (Wildman–Crippen MR) is 97.3 cm³/mol. The zero-order valence-electron chi connectivity index (χ0n) is 14.8. The number of hydrogen-bond acceptors (Lipinski definition) is 6. The molecule has 0 saturated heterocycles. The van der Waals surface area contributed by atoms with Crippen molar-refractivity contribution >= 4 is 0 Å². The number of ether oxygens (including phenoxy) is 3. The van der Waals surface area contributed by atoms with Crippen molar-refractivity contribution in [2.45, 2.75) is 18.9 Å². The van der Waals surface area contributed by atoms with E-state index in [1.807, 2.05) is 42.5 Å². The number of hydrogen-bond donors (Lipinski definition) is 0. The van der Waals surface area contributed by atoms with Crippen molar-refractivity contribution in [2.75, 3.05) is 13.9 Å². The van der Waals surface area contributed by atoms with Gasteiger partial charge in [-0.1, -0.05) is 12.1 Å². The van der Waals surface area contributed by atoms with Crippen LogP contribution in [-0.2, 0) is 11.2 Å². The van der Waals surface area contributed by atoms with E-state index in [2.05, 4.69) is 11.2 Å². The molecule has 1 unspecified atom stereocenters. The minimum absolute atomic E-state index is 0.0292. The minimum Gasteiger partial charge on any atom is -0.486 e. The Morgan fingerprint density at radius 1 is 1.22 bits per heavy atom. The van der Waals surface area contributed by atoms with Crippen LogP contribution in [0.5, 0.6) is 11.6 Å². The Morgan fingerprint density at radius 3 is 2.85 bits per heavy atom. The quantitative estimate of drug-likeness (QED) is 0.610. The summed E-state index contributed by atoms with van der Waals surface area (Å²) in [6.07, 6.45) is 1.71. The van der Waals surface area contributed by atoms with E-state index in [1.165, 1.54) is 0 Å². The van der Waals surface area contributed by atoms with E-state index in [0.29, 0.717) is 11.6 Å². The summed E-state index contributed by atoms with van der Waals surface area (Å²) in [6.45, 7) is 0.120. The average Bonchev–Trinajstić information content (AvgIpc) is 3.34. The molecule has 0 amide bonds. The molecule has 0 N–H and O–H groups in total. The number of methoxy groups -OCH3 is 1. The van der Waals surface area contributed by atoms with Crippen LogP contribution in [0.2, 0.25) is 0 Å². The molecule has 0 aliphatic heterocycles. The van der Waals surface area contributed by atoms with Crippen molar-refractivity contribution in [2.24, 2.45) is 0 Å². The summed E-state index contributed by atoms with van der Waals surface area (Å²) in [4.78, 5) is 0. The van der Waals surface area contributed by atoms with Crippen LogP contribution in [0.3, 0.4) is 0 Å². The van der Waals surface area contributed by atoms with Crippen molar-refractivity contribution in [3.8, 4) is 29.0 Å². The second-order valence-electron chi connectivity index (χ2n) is 6.23. The first kappa shape index (κ1) is 17.1. The van der Waals surface area contributed by atoms with Gasteiger partial charge in [0, 0.05) is 18.7 Å². The van der Waals surface area contributed by atoms with Gasteiger partial charge in [-0.3, -0.25) is 0 Å². The first-order valence-corrected chi connectivity index (χ1v) is 8.66. The van der Waals surface area contributed by atoms with Crippen molar-refractivity contribution in [1.82, 2.24) is 5.16 Å². The maximum Gasteiger partial charge on any atom is 0.256 e. The average molecular weight is 362 g/mol. The van der Waals surface area contributed by atoms with Gasteiger partial charge in [0.1, 0.15) is 11.9 Å². The highest BCUT2D eigenvalue weighted by Crippen LogP contribution is 2.37. The number of nitriles is 1. The van der Waals surface area contributed by atoms with Crippen LogP contribution in [0.15, 0.2) is 53.1 Å². The van der Waals surface area contributed by atoms with Crippen molar-refractivity contribution < 1.29 is 18.7 Å². The van der Waals surface area contributed by atoms with Gasteiger partial charge in [0.25, 0.3) is 5.88 Å². The molecule has 1 aliphatic carbocycles. The number of nitrogens with zero attached hydrogens (tertiary/aromatic N) is 2. The zero-order valence-corrected chi connectivity index (χ0v) is 14.8. The molecule has 6 heteroatoms. The van der Waals surface area contributed by atoms with Gasteiger partial charge in [0.05, 0.1) is 11.6 Å². The van der Waals surface area contributed by atoms with Crippen molar-refractivity contribution in [3.05, 3.63) is 65.2 Å². The molecule has 1 atom stereocenters. The molecule has 1 aromatic heterocycles. The monoisotopic (exact) mass is 362 g/mol. The Kier molecular flexibility index (Phi) is 4.77. The number of fused-ring (bicyclic) bond motifs is 1. The zero-order chi connectivity index (χ0) is 18.6. The largest absolute Gasteiger partial charge is 0.486 e. The maximum absolute atomic E-state index is 9.25. The van der Waals surface area contributed by atoms with Gasteiger partial charge in [-0.2, -0.15) is 5.26 Å². The van der Waals surface area contributed by atoms with Crippen LogP contribution in [0.25, 0.3) is 11.3 Å². The molecule has 4 rings (SSSR count). The van der Waals surface area contributed by atoms with Gasteiger partial charge < -0.3 is 18.7 Å². The summed E-state index contributed by atoms with van der Waals surface area (Å²) >= 11 is 0. The van der Waals surface area contributed by atoms with E-state index in [9.17, 15) is 5.26 Å². The lowest BCUT2D eigenvalue weighted by atomic mass is 10.0. The van der Waals surface area contributed by atoms with Gasteiger partial charge in [0.2, 0.25) is 0 Å². The van der Waals surface area contributed by atoms with Crippen LogP contribution in [0.1, 0.15) is 29.2 Å². The first-order chi connectivity index (χ1) is 13.3. The van der Waals surface area contributed by atoms with E-state index >= 15 is 0 Å². The second kappa shape index (κ2) is 7.52. The van der Waals surface area contributed by atoms with Gasteiger partial charge in [-0.15, -0.1) is 0 Å². The van der Waals surface area contributed by atoms with Gasteiger partial charge in [-0.25, -0.2) is 0 Å².